The summed E-state index contributed by atoms with van der Waals surface area (Å²) in [6, 6.07) is 11.8. The zero-order chi connectivity index (χ0) is 12.3. The quantitative estimate of drug-likeness (QED) is 0.804. The first-order chi connectivity index (χ1) is 8.20. The lowest BCUT2D eigenvalue weighted by Gasteiger charge is -2.04. The van der Waals surface area contributed by atoms with Crippen LogP contribution in [0.1, 0.15) is 26.4 Å². The van der Waals surface area contributed by atoms with Crippen molar-refractivity contribution in [3.63, 3.8) is 0 Å². The normalized spacial score (nSPS) is 9.88. The Kier molecular flexibility index (Phi) is 2.96. The van der Waals surface area contributed by atoms with Gasteiger partial charge >= 0.3 is 0 Å². The second-order valence-electron chi connectivity index (χ2n) is 3.46. The second-order valence-corrected chi connectivity index (χ2v) is 3.46. The molecule has 2 N–H and O–H groups in total. The molecule has 0 saturated carbocycles. The number of hydrogen-bond donors (Lipinski definition) is 1. The fourth-order valence-electron chi connectivity index (χ4n) is 1.53. The predicted octanol–water partition coefficient (Wildman–Crippen LogP) is 1.41. The summed E-state index contributed by atoms with van der Waals surface area (Å²) in [6.45, 7) is 0. The van der Waals surface area contributed by atoms with E-state index in [0.717, 1.165) is 0 Å². The molecule has 1 aromatic carbocycles. The summed E-state index contributed by atoms with van der Waals surface area (Å²) in [4.78, 5) is 27.1. The molecule has 0 radical (unpaired) electrons. The van der Waals surface area contributed by atoms with Crippen LogP contribution < -0.4 is 5.73 Å². The van der Waals surface area contributed by atoms with E-state index in [1.54, 1.807) is 36.4 Å². The van der Waals surface area contributed by atoms with Crippen LogP contribution in [0.15, 0.2) is 48.7 Å². The van der Waals surface area contributed by atoms with E-state index in [9.17, 15) is 9.59 Å². The highest BCUT2D eigenvalue weighted by Gasteiger charge is 2.16. The third-order valence-corrected chi connectivity index (χ3v) is 2.32. The Morgan fingerprint density at radius 1 is 1.00 bits per heavy atom. The van der Waals surface area contributed by atoms with Crippen molar-refractivity contribution >= 4 is 11.7 Å². The maximum Gasteiger partial charge on any atom is 0.268 e. The van der Waals surface area contributed by atoms with Crippen LogP contribution in [0.4, 0.5) is 0 Å². The van der Waals surface area contributed by atoms with Crippen molar-refractivity contribution in [2.24, 2.45) is 5.73 Å². The molecule has 0 aliphatic heterocycles. The highest BCUT2D eigenvalue weighted by Crippen LogP contribution is 2.12. The van der Waals surface area contributed by atoms with Gasteiger partial charge in [0.25, 0.3) is 5.91 Å². The maximum atomic E-state index is 12.1. The van der Waals surface area contributed by atoms with E-state index in [4.69, 9.17) is 5.73 Å². The Labute approximate surface area is 98.1 Å². The number of carbonyl (C=O) groups is 2. The third kappa shape index (κ3) is 2.20. The Morgan fingerprint density at radius 3 is 2.35 bits per heavy atom. The molecule has 0 unspecified atom stereocenters. The molecule has 0 aliphatic rings. The predicted molar refractivity (Wildman–Crippen MR) is 62.6 cm³/mol. The second kappa shape index (κ2) is 4.57. The number of nitrogens with two attached hydrogens (primary N) is 1. The van der Waals surface area contributed by atoms with Crippen LogP contribution >= 0.6 is 0 Å². The molecule has 0 saturated heterocycles. The molecule has 1 heterocycles. The van der Waals surface area contributed by atoms with Crippen molar-refractivity contribution in [3.8, 4) is 0 Å². The zero-order valence-electron chi connectivity index (χ0n) is 8.96. The summed E-state index contributed by atoms with van der Waals surface area (Å²) in [6.07, 6.45) is 1.43. The monoisotopic (exact) mass is 226 g/mol. The molecule has 0 bridgehead atoms. The number of rotatable bonds is 3. The summed E-state index contributed by atoms with van der Waals surface area (Å²) in [5.74, 6) is -0.961. The number of hydrogen-bond acceptors (Lipinski definition) is 3. The first-order valence-corrected chi connectivity index (χ1v) is 5.04. The lowest BCUT2D eigenvalue weighted by molar-refractivity contribution is 0.0976. The lowest BCUT2D eigenvalue weighted by atomic mass is 10.0. The first-order valence-electron chi connectivity index (χ1n) is 5.04. The van der Waals surface area contributed by atoms with E-state index in [-0.39, 0.29) is 17.0 Å². The van der Waals surface area contributed by atoms with E-state index in [1.165, 1.54) is 6.20 Å². The largest absolute Gasteiger partial charge is 0.364 e. The minimum atomic E-state index is -0.704. The van der Waals surface area contributed by atoms with Crippen LogP contribution in [0.3, 0.4) is 0 Å². The molecule has 1 amide bonds. The highest BCUT2D eigenvalue weighted by atomic mass is 16.1. The number of amides is 1. The van der Waals surface area contributed by atoms with Crippen molar-refractivity contribution in [2.45, 2.75) is 0 Å². The van der Waals surface area contributed by atoms with Gasteiger partial charge in [-0.2, -0.15) is 0 Å². The van der Waals surface area contributed by atoms with Gasteiger partial charge in [0, 0.05) is 11.8 Å². The zero-order valence-corrected chi connectivity index (χ0v) is 8.96. The minimum Gasteiger partial charge on any atom is -0.364 e. The Bertz CT molecular complexity index is 565. The standard InChI is InChI=1S/C13H10N2O2/c14-13(17)11-10(7-4-8-15-11)12(16)9-5-2-1-3-6-9/h1-8H,(H2,14,17). The van der Waals surface area contributed by atoms with Crippen LogP contribution in [0, 0.1) is 0 Å². The summed E-state index contributed by atoms with van der Waals surface area (Å²) < 4.78 is 0. The molecule has 4 heteroatoms. The number of carbonyl (C=O) groups excluding carboxylic acids is 2. The van der Waals surface area contributed by atoms with Crippen LogP contribution in [0.25, 0.3) is 0 Å². The molecule has 0 fully saturated rings. The average Bonchev–Trinajstić information content (AvgIpc) is 2.39. The molecule has 0 atom stereocenters. The molecule has 17 heavy (non-hydrogen) atoms. The molecule has 2 aromatic rings. The highest BCUT2D eigenvalue weighted by molar-refractivity contribution is 6.14. The van der Waals surface area contributed by atoms with Gasteiger partial charge in [0.05, 0.1) is 5.56 Å². The smallest absolute Gasteiger partial charge is 0.268 e. The average molecular weight is 226 g/mol. The van der Waals surface area contributed by atoms with Crippen LogP contribution in [-0.4, -0.2) is 16.7 Å². The number of pyridine rings is 1. The van der Waals surface area contributed by atoms with Gasteiger partial charge in [0.1, 0.15) is 5.69 Å². The fraction of sp³-hybridized carbons (Fsp3) is 0. The van der Waals surface area contributed by atoms with Crippen molar-refractivity contribution in [1.29, 1.82) is 0 Å². The fourth-order valence-corrected chi connectivity index (χ4v) is 1.53. The molecular formula is C13H10N2O2. The van der Waals surface area contributed by atoms with Gasteiger partial charge in [0.2, 0.25) is 0 Å². The van der Waals surface area contributed by atoms with Crippen LogP contribution in [-0.2, 0) is 0 Å². The summed E-state index contributed by atoms with van der Waals surface area (Å²) in [5, 5.41) is 0. The van der Waals surface area contributed by atoms with E-state index in [0.29, 0.717) is 5.56 Å². The van der Waals surface area contributed by atoms with Gasteiger partial charge < -0.3 is 5.73 Å². The van der Waals surface area contributed by atoms with Gasteiger partial charge in [-0.25, -0.2) is 0 Å². The number of nitrogens with zero attached hydrogens (tertiary/aromatic N) is 1. The molecule has 84 valence electrons. The van der Waals surface area contributed by atoms with E-state index in [2.05, 4.69) is 4.98 Å². The Hall–Kier alpha value is -2.49. The van der Waals surface area contributed by atoms with E-state index < -0.39 is 5.91 Å². The van der Waals surface area contributed by atoms with E-state index in [1.807, 2.05) is 6.07 Å². The molecule has 4 nitrogen and oxygen atoms in total. The maximum absolute atomic E-state index is 12.1. The Balaban J connectivity index is 2.48. The van der Waals surface area contributed by atoms with Gasteiger partial charge in [-0.1, -0.05) is 30.3 Å². The van der Waals surface area contributed by atoms with Crippen molar-refractivity contribution in [3.05, 3.63) is 65.5 Å². The topological polar surface area (TPSA) is 73.1 Å². The number of ketones is 1. The number of benzene rings is 1. The van der Waals surface area contributed by atoms with Gasteiger partial charge in [-0.15, -0.1) is 0 Å². The van der Waals surface area contributed by atoms with Crippen LogP contribution in [0.5, 0.6) is 0 Å². The van der Waals surface area contributed by atoms with E-state index >= 15 is 0 Å². The third-order valence-electron chi connectivity index (χ3n) is 2.32. The molecule has 2 rings (SSSR count). The number of primary amides is 1. The van der Waals surface area contributed by atoms with Gasteiger partial charge in [0.15, 0.2) is 5.78 Å². The first kappa shape index (κ1) is 11.0. The molecule has 0 aliphatic carbocycles. The molecule has 0 spiro atoms. The van der Waals surface area contributed by atoms with Crippen molar-refractivity contribution in [1.82, 2.24) is 4.98 Å². The minimum absolute atomic E-state index is 0.00125. The lowest BCUT2D eigenvalue weighted by Crippen LogP contribution is -2.18. The van der Waals surface area contributed by atoms with Crippen molar-refractivity contribution < 1.29 is 9.59 Å². The van der Waals surface area contributed by atoms with Crippen molar-refractivity contribution in [2.75, 3.05) is 0 Å². The summed E-state index contributed by atoms with van der Waals surface area (Å²) in [5.41, 5.74) is 5.91. The Morgan fingerprint density at radius 2 is 1.71 bits per heavy atom. The van der Waals surface area contributed by atoms with Crippen LogP contribution in [0.2, 0.25) is 0 Å². The molecular weight excluding hydrogens is 216 g/mol. The molecule has 1 aromatic heterocycles. The summed E-state index contributed by atoms with van der Waals surface area (Å²) in [7, 11) is 0. The van der Waals surface area contributed by atoms with Gasteiger partial charge in [-0.05, 0) is 12.1 Å². The SMILES string of the molecule is NC(=O)c1ncccc1C(=O)c1ccccc1. The number of aromatic nitrogens is 1. The summed E-state index contributed by atoms with van der Waals surface area (Å²) >= 11 is 0. The van der Waals surface area contributed by atoms with Gasteiger partial charge in [-0.3, -0.25) is 14.6 Å².